The van der Waals surface area contributed by atoms with E-state index in [0.717, 1.165) is 12.8 Å². The van der Waals surface area contributed by atoms with Crippen LogP contribution in [0, 0.1) is 0 Å². The number of morpholine rings is 1. The van der Waals surface area contributed by atoms with Crippen molar-refractivity contribution in [3.63, 3.8) is 0 Å². The Hall–Kier alpha value is -2.08. The zero-order valence-corrected chi connectivity index (χ0v) is 17.4. The molecule has 6 nitrogen and oxygen atoms in total. The molecule has 1 aromatic carbocycles. The Kier molecular flexibility index (Phi) is 5.98. The number of rotatable bonds is 1. The fraction of sp³-hybridized carbons (Fsp3) is 0.636. The zero-order chi connectivity index (χ0) is 20.4. The molecule has 2 aliphatic rings. The van der Waals surface area contributed by atoms with Crippen LogP contribution in [0.1, 0.15) is 57.3 Å². The standard InChI is InChI=1S/C22H32N2O4/c1-17-15-24(19(25)18-9-6-5-7-10-18)16-22(27-17)11-8-13-23(14-12-22)20(26)28-21(2,3)4/h5-7,9-10,17H,8,11-16H2,1-4H3/t17-,22?/m1/s1. The molecule has 2 aliphatic heterocycles. The molecule has 1 aromatic rings. The van der Waals surface area contributed by atoms with Crippen molar-refractivity contribution in [2.75, 3.05) is 26.2 Å². The first kappa shape index (κ1) is 20.6. The molecule has 6 heteroatoms. The van der Waals surface area contributed by atoms with Gasteiger partial charge in [-0.3, -0.25) is 4.79 Å². The molecule has 2 heterocycles. The van der Waals surface area contributed by atoms with Crippen molar-refractivity contribution in [3.8, 4) is 0 Å². The number of ether oxygens (including phenoxy) is 2. The maximum atomic E-state index is 13.0. The van der Waals surface area contributed by atoms with Crippen LogP contribution in [-0.4, -0.2) is 65.3 Å². The Morgan fingerprint density at radius 3 is 2.50 bits per heavy atom. The summed E-state index contributed by atoms with van der Waals surface area (Å²) in [5, 5.41) is 0. The van der Waals surface area contributed by atoms with Crippen molar-refractivity contribution in [2.24, 2.45) is 0 Å². The van der Waals surface area contributed by atoms with Crippen molar-refractivity contribution >= 4 is 12.0 Å². The molecule has 2 fully saturated rings. The molecule has 3 rings (SSSR count). The highest BCUT2D eigenvalue weighted by Gasteiger charge is 2.43. The van der Waals surface area contributed by atoms with Crippen LogP contribution < -0.4 is 0 Å². The number of benzene rings is 1. The molecule has 0 N–H and O–H groups in total. The van der Waals surface area contributed by atoms with Gasteiger partial charge in [-0.05, 0) is 59.1 Å². The number of hydrogen-bond acceptors (Lipinski definition) is 4. The van der Waals surface area contributed by atoms with Crippen LogP contribution in [0.3, 0.4) is 0 Å². The normalized spacial score (nSPS) is 26.1. The number of nitrogens with zero attached hydrogens (tertiary/aromatic N) is 2. The van der Waals surface area contributed by atoms with Crippen molar-refractivity contribution in [2.45, 2.75) is 64.3 Å². The molecular weight excluding hydrogens is 356 g/mol. The lowest BCUT2D eigenvalue weighted by atomic mass is 9.91. The topological polar surface area (TPSA) is 59.1 Å². The molecule has 0 radical (unpaired) electrons. The van der Waals surface area contributed by atoms with Gasteiger partial charge in [-0.1, -0.05) is 18.2 Å². The Labute approximate surface area is 167 Å². The maximum Gasteiger partial charge on any atom is 0.410 e. The highest BCUT2D eigenvalue weighted by Crippen LogP contribution is 2.33. The molecule has 0 aliphatic carbocycles. The summed E-state index contributed by atoms with van der Waals surface area (Å²) in [7, 11) is 0. The Morgan fingerprint density at radius 1 is 1.11 bits per heavy atom. The van der Waals surface area contributed by atoms with Crippen molar-refractivity contribution in [1.29, 1.82) is 0 Å². The lowest BCUT2D eigenvalue weighted by Gasteiger charge is -2.45. The van der Waals surface area contributed by atoms with Crippen molar-refractivity contribution in [1.82, 2.24) is 9.80 Å². The van der Waals surface area contributed by atoms with Gasteiger partial charge in [0.15, 0.2) is 0 Å². The molecule has 1 unspecified atom stereocenters. The number of carbonyl (C=O) groups excluding carboxylic acids is 2. The smallest absolute Gasteiger partial charge is 0.410 e. The van der Waals surface area contributed by atoms with Crippen molar-refractivity contribution < 1.29 is 19.1 Å². The van der Waals surface area contributed by atoms with Crippen LogP contribution >= 0.6 is 0 Å². The highest BCUT2D eigenvalue weighted by atomic mass is 16.6. The van der Waals surface area contributed by atoms with E-state index in [2.05, 4.69) is 0 Å². The van der Waals surface area contributed by atoms with E-state index in [-0.39, 0.29) is 18.1 Å². The quantitative estimate of drug-likeness (QED) is 0.736. The van der Waals surface area contributed by atoms with Gasteiger partial charge in [0.05, 0.1) is 18.2 Å². The minimum atomic E-state index is -0.504. The fourth-order valence-corrected chi connectivity index (χ4v) is 4.09. The molecule has 1 spiro atoms. The van der Waals surface area contributed by atoms with Gasteiger partial charge in [-0.25, -0.2) is 4.79 Å². The molecule has 0 saturated carbocycles. The fourth-order valence-electron chi connectivity index (χ4n) is 4.09. The van der Waals surface area contributed by atoms with Crippen LogP contribution in [0.2, 0.25) is 0 Å². The molecule has 0 aromatic heterocycles. The maximum absolute atomic E-state index is 13.0. The third-order valence-electron chi connectivity index (χ3n) is 5.27. The van der Waals surface area contributed by atoms with Gasteiger partial charge in [-0.15, -0.1) is 0 Å². The predicted octanol–water partition coefficient (Wildman–Crippen LogP) is 3.71. The summed E-state index contributed by atoms with van der Waals surface area (Å²) in [4.78, 5) is 29.1. The van der Waals surface area contributed by atoms with Crippen molar-refractivity contribution in [3.05, 3.63) is 35.9 Å². The number of carbonyl (C=O) groups is 2. The number of likely N-dealkylation sites (tertiary alicyclic amines) is 1. The average Bonchev–Trinajstić information content (AvgIpc) is 2.82. The number of amides is 2. The van der Waals surface area contributed by atoms with E-state index in [1.807, 2.05) is 62.9 Å². The van der Waals surface area contributed by atoms with E-state index >= 15 is 0 Å². The third kappa shape index (κ3) is 5.04. The zero-order valence-electron chi connectivity index (χ0n) is 17.4. The number of hydrogen-bond donors (Lipinski definition) is 0. The van der Waals surface area contributed by atoms with Gasteiger partial charge in [0, 0.05) is 25.2 Å². The summed E-state index contributed by atoms with van der Waals surface area (Å²) in [5.41, 5.74) is -0.204. The predicted molar refractivity (Wildman–Crippen MR) is 107 cm³/mol. The lowest BCUT2D eigenvalue weighted by Crippen LogP contribution is -2.57. The van der Waals surface area contributed by atoms with E-state index in [9.17, 15) is 9.59 Å². The molecule has 2 amide bonds. The SMILES string of the molecule is C[C@@H]1CN(C(=O)c2ccccc2)CC2(CCCN(C(=O)OC(C)(C)C)CC2)O1. The first-order chi connectivity index (χ1) is 13.2. The Morgan fingerprint density at radius 2 is 1.82 bits per heavy atom. The monoisotopic (exact) mass is 388 g/mol. The summed E-state index contributed by atoms with van der Waals surface area (Å²) < 4.78 is 11.9. The summed E-state index contributed by atoms with van der Waals surface area (Å²) in [6.07, 6.45) is 2.06. The van der Waals surface area contributed by atoms with Gasteiger partial charge >= 0.3 is 6.09 Å². The van der Waals surface area contributed by atoms with Gasteiger partial charge in [0.25, 0.3) is 5.91 Å². The van der Waals surface area contributed by atoms with E-state index in [1.54, 1.807) is 4.90 Å². The summed E-state index contributed by atoms with van der Waals surface area (Å²) in [6.45, 7) is 10.0. The van der Waals surface area contributed by atoms with Crippen LogP contribution in [0.4, 0.5) is 4.79 Å². The molecule has 2 atom stereocenters. The van der Waals surface area contributed by atoms with E-state index in [1.165, 1.54) is 0 Å². The largest absolute Gasteiger partial charge is 0.444 e. The molecular formula is C22H32N2O4. The minimum Gasteiger partial charge on any atom is -0.444 e. The highest BCUT2D eigenvalue weighted by molar-refractivity contribution is 5.94. The summed E-state index contributed by atoms with van der Waals surface area (Å²) in [6, 6.07) is 9.39. The van der Waals surface area contributed by atoms with E-state index < -0.39 is 11.2 Å². The summed E-state index contributed by atoms with van der Waals surface area (Å²) in [5.74, 6) is 0.0448. The van der Waals surface area contributed by atoms with Crippen LogP contribution in [0.5, 0.6) is 0 Å². The molecule has 28 heavy (non-hydrogen) atoms. The van der Waals surface area contributed by atoms with Gasteiger partial charge < -0.3 is 19.3 Å². The third-order valence-corrected chi connectivity index (χ3v) is 5.27. The summed E-state index contributed by atoms with van der Waals surface area (Å²) >= 11 is 0. The Balaban J connectivity index is 1.69. The van der Waals surface area contributed by atoms with Crippen LogP contribution in [-0.2, 0) is 9.47 Å². The first-order valence-electron chi connectivity index (χ1n) is 10.2. The second kappa shape index (κ2) is 8.11. The minimum absolute atomic E-state index is 0.0329. The first-order valence-corrected chi connectivity index (χ1v) is 10.2. The molecule has 2 saturated heterocycles. The van der Waals surface area contributed by atoms with Gasteiger partial charge in [0.1, 0.15) is 5.60 Å². The van der Waals surface area contributed by atoms with Gasteiger partial charge in [0.2, 0.25) is 0 Å². The van der Waals surface area contributed by atoms with E-state index in [0.29, 0.717) is 38.2 Å². The lowest BCUT2D eigenvalue weighted by molar-refractivity contribution is -0.145. The average molecular weight is 389 g/mol. The Bertz CT molecular complexity index is 700. The van der Waals surface area contributed by atoms with Gasteiger partial charge in [-0.2, -0.15) is 0 Å². The van der Waals surface area contributed by atoms with E-state index in [4.69, 9.17) is 9.47 Å². The molecule has 154 valence electrons. The second-order valence-corrected chi connectivity index (χ2v) is 8.98. The van der Waals surface area contributed by atoms with Crippen LogP contribution in [0.25, 0.3) is 0 Å². The molecule has 0 bridgehead atoms. The second-order valence-electron chi connectivity index (χ2n) is 8.98. The van der Waals surface area contributed by atoms with Crippen LogP contribution in [0.15, 0.2) is 30.3 Å².